The molecule has 0 aromatic heterocycles. The zero-order valence-corrected chi connectivity index (χ0v) is 6.88. The Kier molecular flexibility index (Phi) is 12.7. The lowest BCUT2D eigenvalue weighted by molar-refractivity contribution is 0.727. The maximum Gasteiger partial charge on any atom is 0.181 e. The maximum absolute atomic E-state index is 7.26. The minimum absolute atomic E-state index is 0. The van der Waals surface area contributed by atoms with Crippen LogP contribution in [0.3, 0.4) is 0 Å². The van der Waals surface area contributed by atoms with Crippen LogP contribution in [0, 0.1) is 22.7 Å². The monoisotopic (exact) mass is 202 g/mol. The van der Waals surface area contributed by atoms with Crippen LogP contribution in [0.1, 0.15) is 0 Å². The molecule has 0 bridgehead atoms. The first kappa shape index (κ1) is 11.7. The number of halogens is 1. The van der Waals surface area contributed by atoms with Gasteiger partial charge in [-0.2, -0.15) is 10.5 Å². The van der Waals surface area contributed by atoms with Crippen LogP contribution in [0.4, 0.5) is 0 Å². The van der Waals surface area contributed by atoms with E-state index in [2.05, 4.69) is 10.9 Å². The molecule has 1 rings (SSSR count). The second-order valence-corrected chi connectivity index (χ2v) is 1.15. The van der Waals surface area contributed by atoms with Crippen LogP contribution in [0.5, 0.6) is 0 Å². The predicted octanol–water partition coefficient (Wildman–Crippen LogP) is 0.219. The lowest BCUT2D eigenvalue weighted by Gasteiger charge is -1.83. The van der Waals surface area contributed by atoms with Crippen LogP contribution in [-0.4, -0.2) is 6.54 Å². The fraction of sp³-hybridized carbons (Fsp3) is 0.200. The third-order valence-electron chi connectivity index (χ3n) is 0.573. The molecule has 0 atom stereocenters. The van der Waals surface area contributed by atoms with Gasteiger partial charge < -0.3 is 5.43 Å². The van der Waals surface area contributed by atoms with Crippen molar-refractivity contribution in [1.29, 1.82) is 10.5 Å². The van der Waals surface area contributed by atoms with Crippen molar-refractivity contribution in [3.05, 3.63) is 12.3 Å². The Morgan fingerprint density at radius 2 is 1.90 bits per heavy atom. The third kappa shape index (κ3) is 10.0. The van der Waals surface area contributed by atoms with E-state index in [9.17, 15) is 0 Å². The second-order valence-electron chi connectivity index (χ2n) is 1.15. The van der Waals surface area contributed by atoms with Gasteiger partial charge in [-0.3, -0.25) is 0 Å². The molecule has 1 aliphatic heterocycles. The summed E-state index contributed by atoms with van der Waals surface area (Å²) in [6.45, 7) is 0.958. The van der Waals surface area contributed by atoms with Gasteiger partial charge in [-0.25, -0.2) is 5.43 Å². The summed E-state index contributed by atoms with van der Waals surface area (Å²) in [5, 5.41) is 14.5. The Hall–Kier alpha value is -1.04. The largest absolute Gasteiger partial charge is 0.329 e. The Morgan fingerprint density at radius 1 is 1.30 bits per heavy atom. The summed E-state index contributed by atoms with van der Waals surface area (Å²) in [6.07, 6.45) is 3.89. The number of nitriles is 2. The minimum atomic E-state index is 0. The number of nitrogens with zero attached hydrogens (tertiary/aromatic N) is 2. The number of rotatable bonds is 0. The molecule has 0 aromatic carbocycles. The number of hydrogen-bond donors (Lipinski definition) is 2. The van der Waals surface area contributed by atoms with Crippen molar-refractivity contribution in [2.75, 3.05) is 6.54 Å². The smallest absolute Gasteiger partial charge is 0.181 e. The molecule has 0 spiro atoms. The summed E-state index contributed by atoms with van der Waals surface area (Å²) < 4.78 is 0. The van der Waals surface area contributed by atoms with E-state index in [-0.39, 0.29) is 17.0 Å². The number of hydrazine groups is 1. The topological polar surface area (TPSA) is 71.6 Å². The fourth-order valence-electron chi connectivity index (χ4n) is 0.295. The first-order valence-electron chi connectivity index (χ1n) is 2.33. The van der Waals surface area contributed by atoms with Crippen molar-refractivity contribution in [3.8, 4) is 12.1 Å². The summed E-state index contributed by atoms with van der Waals surface area (Å²) >= 11 is 0. The highest BCUT2D eigenvalue weighted by molar-refractivity contribution is 8.93. The molecule has 0 fully saturated rings. The van der Waals surface area contributed by atoms with E-state index in [1.165, 1.54) is 12.1 Å². The molecule has 4 nitrogen and oxygen atoms in total. The summed E-state index contributed by atoms with van der Waals surface area (Å²) in [4.78, 5) is 0. The average Bonchev–Trinajstić information content (AvgIpc) is 2.43. The van der Waals surface area contributed by atoms with Crippen LogP contribution < -0.4 is 10.9 Å². The maximum atomic E-state index is 7.26. The van der Waals surface area contributed by atoms with Gasteiger partial charge in [0.15, 0.2) is 12.1 Å². The molecule has 54 valence electrons. The molecule has 5 heteroatoms. The van der Waals surface area contributed by atoms with Crippen molar-refractivity contribution in [2.45, 2.75) is 0 Å². The van der Waals surface area contributed by atoms with E-state index in [1.807, 2.05) is 12.3 Å². The summed E-state index contributed by atoms with van der Waals surface area (Å²) in [5.41, 5.74) is 5.65. The van der Waals surface area contributed by atoms with E-state index in [0.29, 0.717) is 0 Å². The molecule has 0 saturated heterocycles. The zero-order valence-electron chi connectivity index (χ0n) is 5.16. The van der Waals surface area contributed by atoms with Crippen LogP contribution in [-0.2, 0) is 0 Å². The zero-order chi connectivity index (χ0) is 6.95. The molecular weight excluding hydrogens is 196 g/mol. The van der Waals surface area contributed by atoms with Gasteiger partial charge in [-0.1, -0.05) is 6.08 Å². The first-order valence-corrected chi connectivity index (χ1v) is 2.33. The molecule has 10 heavy (non-hydrogen) atoms. The molecule has 0 radical (unpaired) electrons. The van der Waals surface area contributed by atoms with Gasteiger partial charge in [0.2, 0.25) is 0 Å². The van der Waals surface area contributed by atoms with Crippen LogP contribution in [0.2, 0.25) is 0 Å². The van der Waals surface area contributed by atoms with Gasteiger partial charge >= 0.3 is 0 Å². The van der Waals surface area contributed by atoms with Crippen LogP contribution >= 0.6 is 17.0 Å². The van der Waals surface area contributed by atoms with Gasteiger partial charge in [0.1, 0.15) is 0 Å². The summed E-state index contributed by atoms with van der Waals surface area (Å²) in [6, 6.07) is 2.47. The van der Waals surface area contributed by atoms with Crippen molar-refractivity contribution in [2.24, 2.45) is 0 Å². The standard InChI is InChI=1S/C3H6N2.C2N2.BrH/c1-2-4-5-3-1;3-1-2-4;/h1-2,4-5H,3H2;;1H. The molecule has 1 aliphatic rings. The van der Waals surface area contributed by atoms with E-state index in [1.54, 1.807) is 0 Å². The van der Waals surface area contributed by atoms with E-state index in [4.69, 9.17) is 10.5 Å². The fourth-order valence-corrected chi connectivity index (χ4v) is 0.295. The quantitative estimate of drug-likeness (QED) is 0.590. The molecule has 0 unspecified atom stereocenters. The first-order chi connectivity index (χ1) is 4.41. The SMILES string of the molecule is Br.C1=CNNC1.N#CC#N. The Labute approximate surface area is 69.9 Å². The summed E-state index contributed by atoms with van der Waals surface area (Å²) in [7, 11) is 0. The average molecular weight is 203 g/mol. The third-order valence-corrected chi connectivity index (χ3v) is 0.573. The van der Waals surface area contributed by atoms with Crippen molar-refractivity contribution in [1.82, 2.24) is 10.9 Å². The molecule has 0 aromatic rings. The summed E-state index contributed by atoms with van der Waals surface area (Å²) in [5.74, 6) is 0. The molecule has 2 N–H and O–H groups in total. The Morgan fingerprint density at radius 3 is 2.00 bits per heavy atom. The van der Waals surface area contributed by atoms with Crippen molar-refractivity contribution >= 4 is 17.0 Å². The highest BCUT2D eigenvalue weighted by Crippen LogP contribution is 1.67. The lowest BCUT2D eigenvalue weighted by atomic mass is 10.7. The normalized spacial score (nSPS) is 10.6. The highest BCUT2D eigenvalue weighted by atomic mass is 79.9. The van der Waals surface area contributed by atoms with Gasteiger partial charge in [0.05, 0.1) is 0 Å². The van der Waals surface area contributed by atoms with Crippen molar-refractivity contribution < 1.29 is 0 Å². The second kappa shape index (κ2) is 10.9. The molecule has 0 saturated carbocycles. The molecular formula is C5H7BrN4. The Bertz CT molecular complexity index is 145. The van der Waals surface area contributed by atoms with Crippen LogP contribution in [0.15, 0.2) is 12.3 Å². The highest BCUT2D eigenvalue weighted by Gasteiger charge is 1.78. The van der Waals surface area contributed by atoms with E-state index >= 15 is 0 Å². The van der Waals surface area contributed by atoms with E-state index in [0.717, 1.165) is 6.54 Å². The predicted molar refractivity (Wildman–Crippen MR) is 41.8 cm³/mol. The van der Waals surface area contributed by atoms with Gasteiger partial charge in [0.25, 0.3) is 0 Å². The van der Waals surface area contributed by atoms with Crippen LogP contribution in [0.25, 0.3) is 0 Å². The molecule has 1 heterocycles. The molecule has 0 aliphatic carbocycles. The van der Waals surface area contributed by atoms with Gasteiger partial charge in [-0.05, 0) is 0 Å². The number of hydrogen-bond acceptors (Lipinski definition) is 4. The lowest BCUT2D eigenvalue weighted by Crippen LogP contribution is -2.19. The van der Waals surface area contributed by atoms with Gasteiger partial charge in [-0.15, -0.1) is 17.0 Å². The van der Waals surface area contributed by atoms with E-state index < -0.39 is 0 Å². The molecule has 0 amide bonds. The number of nitrogens with one attached hydrogen (secondary N) is 2. The van der Waals surface area contributed by atoms with Crippen molar-refractivity contribution in [3.63, 3.8) is 0 Å². The minimum Gasteiger partial charge on any atom is -0.329 e. The Balaban J connectivity index is 0. The van der Waals surface area contributed by atoms with Gasteiger partial charge in [0, 0.05) is 12.7 Å².